The van der Waals surface area contributed by atoms with Gasteiger partial charge in [0, 0.05) is 17.0 Å². The number of aromatic hydroxyl groups is 1. The number of carbonyl (C=O) groups excluding carboxylic acids is 2. The van der Waals surface area contributed by atoms with Crippen LogP contribution in [0.2, 0.25) is 10.0 Å². The Morgan fingerprint density at radius 3 is 2.56 bits per heavy atom. The lowest BCUT2D eigenvalue weighted by Gasteiger charge is -2.07. The molecule has 0 aliphatic heterocycles. The molecule has 3 N–H and O–H groups in total. The Bertz CT molecular complexity index is 838. The Kier molecular flexibility index (Phi) is 6.38. The van der Waals surface area contributed by atoms with Crippen molar-refractivity contribution in [1.29, 1.82) is 0 Å². The van der Waals surface area contributed by atoms with Gasteiger partial charge in [-0.15, -0.1) is 0 Å². The van der Waals surface area contributed by atoms with Crippen LogP contribution in [-0.4, -0.2) is 22.6 Å². The number of nitrogens with zero attached hydrogens (tertiary/aromatic N) is 1. The topological polar surface area (TPSA) is 90.8 Å². The molecule has 2 aromatic rings. The number of hydrogen-bond acceptors (Lipinski definition) is 4. The molecule has 0 aliphatic carbocycles. The first kappa shape index (κ1) is 18.8. The van der Waals surface area contributed by atoms with Gasteiger partial charge in [0.25, 0.3) is 5.91 Å². The predicted octanol–water partition coefficient (Wildman–Crippen LogP) is 3.83. The fourth-order valence-corrected chi connectivity index (χ4v) is 2.21. The molecule has 6 nitrogen and oxygen atoms in total. The van der Waals surface area contributed by atoms with Crippen LogP contribution in [0.25, 0.3) is 0 Å². The molecule has 0 spiro atoms. The first-order valence-corrected chi connectivity index (χ1v) is 7.98. The quantitative estimate of drug-likeness (QED) is 0.544. The van der Waals surface area contributed by atoms with Crippen LogP contribution < -0.4 is 10.7 Å². The smallest absolute Gasteiger partial charge is 0.271 e. The van der Waals surface area contributed by atoms with Crippen molar-refractivity contribution in [2.75, 3.05) is 5.32 Å². The number of phenolic OH excluding ortho intramolecular Hbond substituents is 1. The van der Waals surface area contributed by atoms with E-state index in [1.165, 1.54) is 24.3 Å². The molecule has 0 aromatic heterocycles. The second-order valence-electron chi connectivity index (χ2n) is 5.19. The van der Waals surface area contributed by atoms with E-state index in [1.807, 2.05) is 0 Å². The first-order chi connectivity index (χ1) is 11.8. The van der Waals surface area contributed by atoms with Gasteiger partial charge in [0.05, 0.1) is 16.5 Å². The molecule has 0 saturated carbocycles. The van der Waals surface area contributed by atoms with Crippen molar-refractivity contribution in [3.05, 3.63) is 58.1 Å². The minimum Gasteiger partial charge on any atom is -0.508 e. The van der Waals surface area contributed by atoms with E-state index < -0.39 is 5.91 Å². The summed E-state index contributed by atoms with van der Waals surface area (Å²) in [5, 5.41) is 16.6. The van der Waals surface area contributed by atoms with Gasteiger partial charge in [0.2, 0.25) is 5.91 Å². The number of anilines is 1. The van der Waals surface area contributed by atoms with Gasteiger partial charge in [0.15, 0.2) is 0 Å². The van der Waals surface area contributed by atoms with Gasteiger partial charge >= 0.3 is 0 Å². The Morgan fingerprint density at radius 1 is 1.12 bits per heavy atom. The van der Waals surface area contributed by atoms with Gasteiger partial charge in [0.1, 0.15) is 5.75 Å². The second-order valence-corrected chi connectivity index (χ2v) is 6.01. The maximum atomic E-state index is 12.0. The Labute approximate surface area is 154 Å². The Hall–Kier alpha value is -2.57. The number of nitrogens with one attached hydrogen (secondary N) is 2. The van der Waals surface area contributed by atoms with Crippen LogP contribution in [-0.2, 0) is 4.79 Å². The number of hydrazone groups is 1. The molecule has 2 amide bonds. The van der Waals surface area contributed by atoms with Crippen molar-refractivity contribution < 1.29 is 14.7 Å². The number of rotatable bonds is 5. The van der Waals surface area contributed by atoms with E-state index >= 15 is 0 Å². The van der Waals surface area contributed by atoms with E-state index in [1.54, 1.807) is 25.1 Å². The zero-order valence-corrected chi connectivity index (χ0v) is 14.7. The summed E-state index contributed by atoms with van der Waals surface area (Å²) in [5.74, 6) is -0.819. The molecule has 130 valence electrons. The number of halogens is 2. The first-order valence-electron chi connectivity index (χ1n) is 7.22. The van der Waals surface area contributed by atoms with Crippen molar-refractivity contribution in [2.24, 2.45) is 5.10 Å². The standard InChI is InChI=1S/C17H15Cl2N3O3/c1-10(21-22-17(25)11-3-2-4-13(23)8-11)7-16(24)20-12-5-6-14(18)15(19)9-12/h2-6,8-9,23H,7H2,1H3,(H,20,24)(H,22,25). The van der Waals surface area contributed by atoms with E-state index in [-0.39, 0.29) is 23.6 Å². The monoisotopic (exact) mass is 379 g/mol. The van der Waals surface area contributed by atoms with Gasteiger partial charge in [-0.25, -0.2) is 5.43 Å². The van der Waals surface area contributed by atoms with Crippen molar-refractivity contribution in [3.8, 4) is 5.75 Å². The van der Waals surface area contributed by atoms with E-state index in [4.69, 9.17) is 23.2 Å². The summed E-state index contributed by atoms with van der Waals surface area (Å²) in [7, 11) is 0. The molecule has 0 atom stereocenters. The molecule has 0 unspecified atom stereocenters. The zero-order chi connectivity index (χ0) is 18.4. The molecule has 2 aromatic carbocycles. The molecular weight excluding hydrogens is 365 g/mol. The van der Waals surface area contributed by atoms with E-state index in [2.05, 4.69) is 15.8 Å². The maximum absolute atomic E-state index is 12.0. The van der Waals surface area contributed by atoms with E-state index in [9.17, 15) is 14.7 Å². The third kappa shape index (κ3) is 5.77. The highest BCUT2D eigenvalue weighted by molar-refractivity contribution is 6.42. The lowest BCUT2D eigenvalue weighted by molar-refractivity contribution is -0.115. The number of benzene rings is 2. The van der Waals surface area contributed by atoms with Crippen LogP contribution in [0.5, 0.6) is 5.75 Å². The van der Waals surface area contributed by atoms with Crippen LogP contribution in [0.15, 0.2) is 47.6 Å². The molecular formula is C17H15Cl2N3O3. The number of carbonyl (C=O) groups is 2. The summed E-state index contributed by atoms with van der Waals surface area (Å²) in [5.41, 5.74) is 3.51. The molecule has 0 heterocycles. The van der Waals surface area contributed by atoms with Crippen molar-refractivity contribution in [1.82, 2.24) is 5.43 Å². The molecule has 0 fully saturated rings. The van der Waals surface area contributed by atoms with Crippen LogP contribution in [0.4, 0.5) is 5.69 Å². The number of hydrogen-bond donors (Lipinski definition) is 3. The minimum atomic E-state index is -0.486. The number of phenols is 1. The van der Waals surface area contributed by atoms with E-state index in [0.29, 0.717) is 21.4 Å². The average molecular weight is 380 g/mol. The third-order valence-corrected chi connectivity index (χ3v) is 3.82. The highest BCUT2D eigenvalue weighted by atomic mass is 35.5. The van der Waals surface area contributed by atoms with Crippen molar-refractivity contribution in [3.63, 3.8) is 0 Å². The largest absolute Gasteiger partial charge is 0.508 e. The van der Waals surface area contributed by atoms with Crippen LogP contribution in [0.1, 0.15) is 23.7 Å². The molecule has 0 radical (unpaired) electrons. The Morgan fingerprint density at radius 2 is 1.88 bits per heavy atom. The summed E-state index contributed by atoms with van der Waals surface area (Å²) < 4.78 is 0. The van der Waals surface area contributed by atoms with Crippen molar-refractivity contribution >= 4 is 46.4 Å². The highest BCUT2D eigenvalue weighted by Gasteiger charge is 2.08. The fourth-order valence-electron chi connectivity index (χ4n) is 1.91. The zero-order valence-electron chi connectivity index (χ0n) is 13.2. The third-order valence-electron chi connectivity index (χ3n) is 3.08. The van der Waals surface area contributed by atoms with Gasteiger partial charge in [-0.3, -0.25) is 9.59 Å². The van der Waals surface area contributed by atoms with Gasteiger partial charge in [-0.1, -0.05) is 29.3 Å². The molecule has 25 heavy (non-hydrogen) atoms. The maximum Gasteiger partial charge on any atom is 0.271 e. The fraction of sp³-hybridized carbons (Fsp3) is 0.118. The minimum absolute atomic E-state index is 0.0133. The lowest BCUT2D eigenvalue weighted by atomic mass is 10.2. The summed E-state index contributed by atoms with van der Waals surface area (Å²) in [6.45, 7) is 1.61. The van der Waals surface area contributed by atoms with Gasteiger partial charge < -0.3 is 10.4 Å². The van der Waals surface area contributed by atoms with Crippen LogP contribution in [0.3, 0.4) is 0 Å². The summed E-state index contributed by atoms with van der Waals surface area (Å²) in [6, 6.07) is 10.6. The van der Waals surface area contributed by atoms with Crippen molar-refractivity contribution in [2.45, 2.75) is 13.3 Å². The molecule has 2 rings (SSSR count). The summed E-state index contributed by atoms with van der Waals surface area (Å²) >= 11 is 11.7. The van der Waals surface area contributed by atoms with Crippen LogP contribution in [0, 0.1) is 0 Å². The SMILES string of the molecule is CC(CC(=O)Nc1ccc(Cl)c(Cl)c1)=NNC(=O)c1cccc(O)c1. The summed E-state index contributed by atoms with van der Waals surface area (Å²) in [4.78, 5) is 23.9. The average Bonchev–Trinajstić information content (AvgIpc) is 2.56. The molecule has 0 bridgehead atoms. The highest BCUT2D eigenvalue weighted by Crippen LogP contribution is 2.25. The molecule has 8 heteroatoms. The predicted molar refractivity (Wildman–Crippen MR) is 98.4 cm³/mol. The van der Waals surface area contributed by atoms with Gasteiger partial charge in [-0.05, 0) is 43.3 Å². The lowest BCUT2D eigenvalue weighted by Crippen LogP contribution is -2.21. The Balaban J connectivity index is 1.90. The normalized spacial score (nSPS) is 11.1. The molecule has 0 saturated heterocycles. The molecule has 0 aliphatic rings. The van der Waals surface area contributed by atoms with Gasteiger partial charge in [-0.2, -0.15) is 5.10 Å². The van der Waals surface area contributed by atoms with Crippen LogP contribution >= 0.6 is 23.2 Å². The van der Waals surface area contributed by atoms with E-state index in [0.717, 1.165) is 0 Å². The summed E-state index contributed by atoms with van der Waals surface area (Å²) in [6.07, 6.45) is -0.0133. The number of amides is 2. The second kappa shape index (κ2) is 8.50.